The molecule has 0 fully saturated rings. The Morgan fingerprint density at radius 3 is 2.87 bits per heavy atom. The van der Waals surface area contributed by atoms with Crippen LogP contribution in [-0.2, 0) is 0 Å². The highest BCUT2D eigenvalue weighted by atomic mass is 16.1. The third-order valence-electron chi connectivity index (χ3n) is 2.43. The Balaban J connectivity index is 2.97. The number of pyridine rings is 2. The fraction of sp³-hybridized carbons (Fsp3) is 0.182. The van der Waals surface area contributed by atoms with Gasteiger partial charge in [0, 0.05) is 17.8 Å². The first kappa shape index (κ1) is 9.58. The summed E-state index contributed by atoms with van der Waals surface area (Å²) in [5.41, 5.74) is 1.28. The molecule has 4 nitrogen and oxygen atoms in total. The molecule has 2 aromatic rings. The van der Waals surface area contributed by atoms with Crippen molar-refractivity contribution in [2.45, 2.75) is 13.8 Å². The zero-order valence-electron chi connectivity index (χ0n) is 8.50. The molecule has 76 valence electrons. The Labute approximate surface area is 86.0 Å². The molecule has 0 aromatic carbocycles. The van der Waals surface area contributed by atoms with Gasteiger partial charge in [0.2, 0.25) is 0 Å². The van der Waals surface area contributed by atoms with E-state index in [0.717, 1.165) is 5.39 Å². The first-order chi connectivity index (χ1) is 7.11. The number of aryl methyl sites for hydroxylation is 1. The maximum atomic E-state index is 11.6. The molecule has 1 N–H and O–H groups in total. The van der Waals surface area contributed by atoms with Gasteiger partial charge in [0.15, 0.2) is 5.78 Å². The highest BCUT2D eigenvalue weighted by Crippen LogP contribution is 2.15. The number of nitrogens with zero attached hydrogens (tertiary/aromatic N) is 1. The van der Waals surface area contributed by atoms with Crippen LogP contribution in [0.2, 0.25) is 0 Å². The summed E-state index contributed by atoms with van der Waals surface area (Å²) in [6.07, 6.45) is 3.25. The van der Waals surface area contributed by atoms with Crippen molar-refractivity contribution < 1.29 is 4.79 Å². The predicted octanol–water partition coefficient (Wildman–Crippen LogP) is 1.43. The van der Waals surface area contributed by atoms with Gasteiger partial charge in [-0.1, -0.05) is 0 Å². The zero-order chi connectivity index (χ0) is 11.0. The van der Waals surface area contributed by atoms with E-state index in [1.807, 2.05) is 0 Å². The van der Waals surface area contributed by atoms with Gasteiger partial charge in [-0.15, -0.1) is 0 Å². The number of fused-ring (bicyclic) bond motifs is 1. The minimum atomic E-state index is -0.335. The minimum absolute atomic E-state index is 0.218. The van der Waals surface area contributed by atoms with Crippen LogP contribution in [0.15, 0.2) is 23.3 Å². The van der Waals surface area contributed by atoms with Crippen LogP contribution in [0.25, 0.3) is 10.9 Å². The number of aromatic nitrogens is 2. The molecule has 0 unspecified atom stereocenters. The maximum absolute atomic E-state index is 11.6. The van der Waals surface area contributed by atoms with Crippen LogP contribution in [0.3, 0.4) is 0 Å². The Hall–Kier alpha value is -1.97. The third kappa shape index (κ3) is 1.44. The van der Waals surface area contributed by atoms with Gasteiger partial charge in [-0.25, -0.2) is 0 Å². The van der Waals surface area contributed by atoms with Gasteiger partial charge < -0.3 is 4.98 Å². The second-order valence-electron chi connectivity index (χ2n) is 3.43. The number of carbonyl (C=O) groups excluding carboxylic acids is 1. The van der Waals surface area contributed by atoms with E-state index in [9.17, 15) is 9.59 Å². The van der Waals surface area contributed by atoms with E-state index >= 15 is 0 Å². The van der Waals surface area contributed by atoms with Crippen LogP contribution in [0.4, 0.5) is 0 Å². The van der Waals surface area contributed by atoms with E-state index in [-0.39, 0.29) is 16.9 Å². The van der Waals surface area contributed by atoms with Crippen molar-refractivity contribution >= 4 is 16.7 Å². The predicted molar refractivity (Wildman–Crippen MR) is 57.1 cm³/mol. The van der Waals surface area contributed by atoms with E-state index in [0.29, 0.717) is 11.1 Å². The van der Waals surface area contributed by atoms with Crippen LogP contribution in [0.5, 0.6) is 0 Å². The first-order valence-electron chi connectivity index (χ1n) is 4.59. The van der Waals surface area contributed by atoms with E-state index in [4.69, 9.17) is 0 Å². The number of nitrogens with one attached hydrogen (secondary N) is 1. The van der Waals surface area contributed by atoms with Crippen molar-refractivity contribution in [3.05, 3.63) is 39.9 Å². The molecule has 2 aromatic heterocycles. The summed E-state index contributed by atoms with van der Waals surface area (Å²) in [6, 6.07) is 1.72. The summed E-state index contributed by atoms with van der Waals surface area (Å²) in [5, 5.41) is 0.808. The smallest absolute Gasteiger partial charge is 0.259 e. The van der Waals surface area contributed by atoms with E-state index in [1.165, 1.54) is 6.92 Å². The van der Waals surface area contributed by atoms with Gasteiger partial charge in [-0.2, -0.15) is 0 Å². The van der Waals surface area contributed by atoms with E-state index < -0.39 is 0 Å². The molecule has 4 heteroatoms. The number of hydrogen-bond acceptors (Lipinski definition) is 3. The number of hydrogen-bond donors (Lipinski definition) is 1. The van der Waals surface area contributed by atoms with Gasteiger partial charge in [0.1, 0.15) is 0 Å². The summed E-state index contributed by atoms with van der Waals surface area (Å²) in [5.74, 6) is -0.223. The van der Waals surface area contributed by atoms with Gasteiger partial charge in [0.25, 0.3) is 5.56 Å². The Morgan fingerprint density at radius 1 is 1.47 bits per heavy atom. The largest absolute Gasteiger partial charge is 0.321 e. The Morgan fingerprint density at radius 2 is 2.20 bits per heavy atom. The molecule has 2 heterocycles. The molecular formula is C11H10N2O2. The third-order valence-corrected chi connectivity index (χ3v) is 2.43. The SMILES string of the molecule is CC(=O)c1c(C)c2cnccc2[nH]c1=O. The average molecular weight is 202 g/mol. The molecule has 0 saturated carbocycles. The molecule has 0 radical (unpaired) electrons. The molecule has 0 aliphatic carbocycles. The summed E-state index contributed by atoms with van der Waals surface area (Å²) in [6.45, 7) is 3.15. The number of rotatable bonds is 1. The Bertz CT molecular complexity index is 599. The summed E-state index contributed by atoms with van der Waals surface area (Å²) >= 11 is 0. The normalized spacial score (nSPS) is 10.5. The van der Waals surface area contributed by atoms with Gasteiger partial charge in [0.05, 0.1) is 11.1 Å². The summed E-state index contributed by atoms with van der Waals surface area (Å²) in [4.78, 5) is 29.5. The summed E-state index contributed by atoms with van der Waals surface area (Å²) < 4.78 is 0. The molecular weight excluding hydrogens is 192 g/mol. The molecule has 2 rings (SSSR count). The molecule has 0 aliphatic rings. The number of Topliss-reactive ketones (excluding diaryl/α,β-unsaturated/α-hetero) is 1. The molecule has 0 aliphatic heterocycles. The van der Waals surface area contributed by atoms with Gasteiger partial charge in [-0.3, -0.25) is 14.6 Å². The first-order valence-corrected chi connectivity index (χ1v) is 4.59. The van der Waals surface area contributed by atoms with Crippen molar-refractivity contribution in [1.29, 1.82) is 0 Å². The minimum Gasteiger partial charge on any atom is -0.321 e. The lowest BCUT2D eigenvalue weighted by molar-refractivity contribution is 0.101. The van der Waals surface area contributed by atoms with Crippen LogP contribution < -0.4 is 5.56 Å². The number of carbonyl (C=O) groups is 1. The second-order valence-corrected chi connectivity index (χ2v) is 3.43. The van der Waals surface area contributed by atoms with Gasteiger partial charge >= 0.3 is 0 Å². The van der Waals surface area contributed by atoms with Crippen LogP contribution in [0, 0.1) is 6.92 Å². The number of H-pyrrole nitrogens is 1. The van der Waals surface area contributed by atoms with Crippen LogP contribution in [0.1, 0.15) is 22.8 Å². The van der Waals surface area contributed by atoms with Crippen molar-refractivity contribution in [1.82, 2.24) is 9.97 Å². The molecule has 0 atom stereocenters. The molecule has 0 saturated heterocycles. The average Bonchev–Trinajstić information content (AvgIpc) is 2.17. The topological polar surface area (TPSA) is 62.8 Å². The second kappa shape index (κ2) is 3.31. The highest BCUT2D eigenvalue weighted by molar-refractivity contribution is 5.99. The van der Waals surface area contributed by atoms with Crippen LogP contribution in [-0.4, -0.2) is 15.8 Å². The van der Waals surface area contributed by atoms with Gasteiger partial charge in [-0.05, 0) is 25.5 Å². The monoisotopic (exact) mass is 202 g/mol. The van der Waals surface area contributed by atoms with Crippen molar-refractivity contribution in [2.75, 3.05) is 0 Å². The Kier molecular flexibility index (Phi) is 2.11. The lowest BCUT2D eigenvalue weighted by Crippen LogP contribution is -2.18. The highest BCUT2D eigenvalue weighted by Gasteiger charge is 2.12. The fourth-order valence-corrected chi connectivity index (χ4v) is 1.72. The fourth-order valence-electron chi connectivity index (χ4n) is 1.72. The molecule has 0 spiro atoms. The molecule has 15 heavy (non-hydrogen) atoms. The zero-order valence-corrected chi connectivity index (χ0v) is 8.50. The van der Waals surface area contributed by atoms with E-state index in [2.05, 4.69) is 9.97 Å². The molecule has 0 amide bonds. The lowest BCUT2D eigenvalue weighted by atomic mass is 10.0. The molecule has 0 bridgehead atoms. The van der Waals surface area contributed by atoms with Crippen molar-refractivity contribution in [2.24, 2.45) is 0 Å². The quantitative estimate of drug-likeness (QED) is 0.711. The maximum Gasteiger partial charge on any atom is 0.259 e. The number of aromatic amines is 1. The van der Waals surface area contributed by atoms with Crippen molar-refractivity contribution in [3.63, 3.8) is 0 Å². The summed E-state index contributed by atoms with van der Waals surface area (Å²) in [7, 11) is 0. The van der Waals surface area contributed by atoms with Crippen molar-refractivity contribution in [3.8, 4) is 0 Å². The lowest BCUT2D eigenvalue weighted by Gasteiger charge is -2.04. The number of ketones is 1. The van der Waals surface area contributed by atoms with Crippen LogP contribution >= 0.6 is 0 Å². The standard InChI is InChI=1S/C11H10N2O2/c1-6-8-5-12-4-3-9(8)13-11(15)10(6)7(2)14/h3-5H,1-2H3,(H,13,15). The van der Waals surface area contributed by atoms with E-state index in [1.54, 1.807) is 25.4 Å².